The SMILES string of the molecule is Cc1cnn(CCC(=O)N[C@@H](Cc2ccsc2)c2nccs2)c1. The number of aromatic nitrogens is 3. The van der Waals surface area contributed by atoms with E-state index in [9.17, 15) is 4.79 Å². The minimum atomic E-state index is -0.0727. The summed E-state index contributed by atoms with van der Waals surface area (Å²) in [6.45, 7) is 2.58. The zero-order valence-corrected chi connectivity index (χ0v) is 14.4. The number of carbonyl (C=O) groups excluding carboxylic acids is 1. The topological polar surface area (TPSA) is 59.8 Å². The summed E-state index contributed by atoms with van der Waals surface area (Å²) in [5, 5.41) is 14.4. The number of aryl methyl sites for hydroxylation is 2. The van der Waals surface area contributed by atoms with Gasteiger partial charge in [0.1, 0.15) is 5.01 Å². The lowest BCUT2D eigenvalue weighted by Gasteiger charge is -2.16. The third kappa shape index (κ3) is 4.49. The molecule has 1 amide bonds. The Balaban J connectivity index is 1.60. The van der Waals surface area contributed by atoms with Crippen LogP contribution in [-0.4, -0.2) is 20.7 Å². The van der Waals surface area contributed by atoms with Crippen molar-refractivity contribution in [2.24, 2.45) is 0 Å². The van der Waals surface area contributed by atoms with Crippen LogP contribution in [0.1, 0.15) is 28.6 Å². The first-order valence-electron chi connectivity index (χ1n) is 7.39. The predicted molar refractivity (Wildman–Crippen MR) is 92.6 cm³/mol. The van der Waals surface area contributed by atoms with E-state index in [2.05, 4.69) is 32.2 Å². The minimum Gasteiger partial charge on any atom is -0.346 e. The van der Waals surface area contributed by atoms with Gasteiger partial charge in [-0.05, 0) is 34.9 Å². The van der Waals surface area contributed by atoms with Gasteiger partial charge in [-0.2, -0.15) is 16.4 Å². The number of carbonyl (C=O) groups is 1. The van der Waals surface area contributed by atoms with Gasteiger partial charge in [0, 0.05) is 37.2 Å². The van der Waals surface area contributed by atoms with E-state index in [1.807, 2.05) is 18.5 Å². The molecule has 1 atom stereocenters. The fourth-order valence-corrected chi connectivity index (χ4v) is 3.69. The van der Waals surface area contributed by atoms with Crippen molar-refractivity contribution in [3.05, 3.63) is 56.9 Å². The largest absolute Gasteiger partial charge is 0.346 e. The Bertz CT molecular complexity index is 734. The number of rotatable bonds is 7. The highest BCUT2D eigenvalue weighted by molar-refractivity contribution is 7.09. The van der Waals surface area contributed by atoms with Gasteiger partial charge >= 0.3 is 0 Å². The van der Waals surface area contributed by atoms with E-state index in [4.69, 9.17) is 0 Å². The maximum absolute atomic E-state index is 12.3. The Morgan fingerprint density at radius 3 is 3.00 bits per heavy atom. The average Bonchev–Trinajstić information content (AvgIpc) is 3.27. The van der Waals surface area contributed by atoms with Gasteiger partial charge in [-0.1, -0.05) is 0 Å². The van der Waals surface area contributed by atoms with E-state index in [1.54, 1.807) is 39.7 Å². The molecule has 0 aliphatic heterocycles. The fourth-order valence-electron chi connectivity index (χ4n) is 2.32. The molecule has 0 aromatic carbocycles. The second-order valence-electron chi connectivity index (χ2n) is 5.36. The molecule has 0 radical (unpaired) electrons. The van der Waals surface area contributed by atoms with E-state index >= 15 is 0 Å². The van der Waals surface area contributed by atoms with Crippen LogP contribution in [-0.2, 0) is 17.8 Å². The van der Waals surface area contributed by atoms with Gasteiger partial charge in [0.15, 0.2) is 0 Å². The second-order valence-corrected chi connectivity index (χ2v) is 7.06. The first kappa shape index (κ1) is 15.9. The minimum absolute atomic E-state index is 0.0218. The second kappa shape index (κ2) is 7.52. The Labute approximate surface area is 143 Å². The molecule has 0 saturated carbocycles. The molecule has 3 heterocycles. The van der Waals surface area contributed by atoms with E-state index in [1.165, 1.54) is 5.56 Å². The van der Waals surface area contributed by atoms with Crippen LogP contribution in [0.3, 0.4) is 0 Å². The molecular formula is C16H18N4OS2. The lowest BCUT2D eigenvalue weighted by Crippen LogP contribution is -2.30. The Morgan fingerprint density at radius 2 is 2.35 bits per heavy atom. The van der Waals surface area contributed by atoms with E-state index in [0.717, 1.165) is 17.0 Å². The van der Waals surface area contributed by atoms with Crippen LogP contribution in [0.25, 0.3) is 0 Å². The Hall–Kier alpha value is -1.99. The van der Waals surface area contributed by atoms with Gasteiger partial charge in [0.2, 0.25) is 5.91 Å². The van der Waals surface area contributed by atoms with Crippen LogP contribution in [0.4, 0.5) is 0 Å². The third-order valence-electron chi connectivity index (χ3n) is 3.43. The lowest BCUT2D eigenvalue weighted by molar-refractivity contribution is -0.122. The Kier molecular flexibility index (Phi) is 5.19. The summed E-state index contributed by atoms with van der Waals surface area (Å²) < 4.78 is 1.80. The maximum Gasteiger partial charge on any atom is 0.222 e. The molecule has 120 valence electrons. The maximum atomic E-state index is 12.3. The molecular weight excluding hydrogens is 328 g/mol. The van der Waals surface area contributed by atoms with Crippen LogP contribution in [0.5, 0.6) is 0 Å². The summed E-state index contributed by atoms with van der Waals surface area (Å²) >= 11 is 3.24. The van der Waals surface area contributed by atoms with Gasteiger partial charge in [0.25, 0.3) is 0 Å². The van der Waals surface area contributed by atoms with Crippen molar-refractivity contribution in [1.29, 1.82) is 0 Å². The van der Waals surface area contributed by atoms with E-state index in [-0.39, 0.29) is 11.9 Å². The third-order valence-corrected chi connectivity index (χ3v) is 5.06. The number of amides is 1. The molecule has 0 unspecified atom stereocenters. The number of nitrogens with one attached hydrogen (secondary N) is 1. The molecule has 0 aliphatic rings. The fraction of sp³-hybridized carbons (Fsp3) is 0.312. The summed E-state index contributed by atoms with van der Waals surface area (Å²) in [7, 11) is 0. The summed E-state index contributed by atoms with van der Waals surface area (Å²) in [5.41, 5.74) is 2.32. The molecule has 3 aromatic heterocycles. The Morgan fingerprint density at radius 1 is 1.43 bits per heavy atom. The molecule has 23 heavy (non-hydrogen) atoms. The van der Waals surface area contributed by atoms with Crippen molar-refractivity contribution in [2.45, 2.75) is 32.4 Å². The zero-order chi connectivity index (χ0) is 16.1. The monoisotopic (exact) mass is 346 g/mol. The molecule has 0 aliphatic carbocycles. The standard InChI is InChI=1S/C16H18N4OS2/c1-12-9-18-20(10-12)5-2-15(21)19-14(16-17-4-7-23-16)8-13-3-6-22-11-13/h3-4,6-7,9-11,14H,2,5,8H2,1H3,(H,19,21)/t14-/m0/s1. The molecule has 3 aromatic rings. The zero-order valence-electron chi connectivity index (χ0n) is 12.8. The van der Waals surface area contributed by atoms with Crippen molar-refractivity contribution < 1.29 is 4.79 Å². The molecule has 0 bridgehead atoms. The van der Waals surface area contributed by atoms with Crippen LogP contribution in [0.15, 0.2) is 40.8 Å². The van der Waals surface area contributed by atoms with Gasteiger partial charge in [-0.15, -0.1) is 11.3 Å². The van der Waals surface area contributed by atoms with Crippen molar-refractivity contribution in [2.75, 3.05) is 0 Å². The number of hydrogen-bond donors (Lipinski definition) is 1. The predicted octanol–water partition coefficient (Wildman–Crippen LogP) is 3.20. The smallest absolute Gasteiger partial charge is 0.222 e. The highest BCUT2D eigenvalue weighted by Gasteiger charge is 2.18. The van der Waals surface area contributed by atoms with Crippen molar-refractivity contribution in [3.63, 3.8) is 0 Å². The first-order chi connectivity index (χ1) is 11.2. The average molecular weight is 346 g/mol. The number of thiophene rings is 1. The quantitative estimate of drug-likeness (QED) is 0.715. The lowest BCUT2D eigenvalue weighted by atomic mass is 10.1. The number of nitrogens with zero attached hydrogens (tertiary/aromatic N) is 3. The van der Waals surface area contributed by atoms with Crippen molar-refractivity contribution in [3.8, 4) is 0 Å². The van der Waals surface area contributed by atoms with Crippen molar-refractivity contribution >= 4 is 28.6 Å². The normalized spacial score (nSPS) is 12.2. The molecule has 0 spiro atoms. The molecule has 3 rings (SSSR count). The van der Waals surface area contributed by atoms with E-state index in [0.29, 0.717) is 13.0 Å². The van der Waals surface area contributed by atoms with Gasteiger partial charge in [-0.3, -0.25) is 9.48 Å². The summed E-state index contributed by atoms with van der Waals surface area (Å²) in [4.78, 5) is 16.6. The van der Waals surface area contributed by atoms with Crippen LogP contribution >= 0.6 is 22.7 Å². The summed E-state index contributed by atoms with van der Waals surface area (Å²) in [6, 6.07) is 2.01. The van der Waals surface area contributed by atoms with E-state index < -0.39 is 0 Å². The van der Waals surface area contributed by atoms with Crippen LogP contribution in [0.2, 0.25) is 0 Å². The molecule has 0 fully saturated rings. The van der Waals surface area contributed by atoms with Gasteiger partial charge in [-0.25, -0.2) is 4.98 Å². The van der Waals surface area contributed by atoms with Gasteiger partial charge < -0.3 is 5.32 Å². The number of hydrogen-bond acceptors (Lipinski definition) is 5. The molecule has 7 heteroatoms. The van der Waals surface area contributed by atoms with Crippen LogP contribution < -0.4 is 5.32 Å². The molecule has 0 saturated heterocycles. The van der Waals surface area contributed by atoms with Gasteiger partial charge in [0.05, 0.1) is 12.2 Å². The summed E-state index contributed by atoms with van der Waals surface area (Å²) in [6.07, 6.45) is 6.69. The summed E-state index contributed by atoms with van der Waals surface area (Å²) in [5.74, 6) is 0.0218. The van der Waals surface area contributed by atoms with Crippen LogP contribution in [0, 0.1) is 6.92 Å². The van der Waals surface area contributed by atoms with Crippen molar-refractivity contribution in [1.82, 2.24) is 20.1 Å². The molecule has 5 nitrogen and oxygen atoms in total. The highest BCUT2D eigenvalue weighted by atomic mass is 32.1. The first-order valence-corrected chi connectivity index (χ1v) is 9.22. The highest BCUT2D eigenvalue weighted by Crippen LogP contribution is 2.22. The molecule has 1 N–H and O–H groups in total. The number of thiazole rings is 1.